The molecular weight excluding hydrogens is 262 g/mol. The van der Waals surface area contributed by atoms with E-state index in [0.29, 0.717) is 5.02 Å². The van der Waals surface area contributed by atoms with Gasteiger partial charge in [0.2, 0.25) is 0 Å². The molecule has 0 amide bonds. The molecule has 1 rings (SSSR count). The van der Waals surface area contributed by atoms with E-state index in [2.05, 4.69) is 28.0 Å². The van der Waals surface area contributed by atoms with Gasteiger partial charge in [-0.15, -0.1) is 0 Å². The molecule has 0 radical (unpaired) electrons. The van der Waals surface area contributed by atoms with E-state index in [1.165, 1.54) is 0 Å². The molecule has 0 saturated carbocycles. The van der Waals surface area contributed by atoms with Crippen molar-refractivity contribution in [3.8, 4) is 0 Å². The van der Waals surface area contributed by atoms with E-state index in [9.17, 15) is 0 Å². The van der Waals surface area contributed by atoms with Crippen LogP contribution in [-0.2, 0) is 0 Å². The van der Waals surface area contributed by atoms with Crippen LogP contribution in [0.5, 0.6) is 0 Å². The summed E-state index contributed by atoms with van der Waals surface area (Å²) in [5.41, 5.74) is 3.31. The highest BCUT2D eigenvalue weighted by molar-refractivity contribution is 14.1. The second-order valence-corrected chi connectivity index (χ2v) is 3.31. The Morgan fingerprint density at radius 2 is 2.20 bits per heavy atom. The van der Waals surface area contributed by atoms with E-state index in [0.717, 1.165) is 9.26 Å². The number of hydrazine groups is 1. The summed E-state index contributed by atoms with van der Waals surface area (Å²) in [4.78, 5) is 0. The molecule has 1 aromatic rings. The third-order valence-electron chi connectivity index (χ3n) is 1.11. The fraction of sp³-hybridized carbons (Fsp3) is 0. The van der Waals surface area contributed by atoms with E-state index in [1.54, 1.807) is 6.07 Å². The molecule has 0 spiro atoms. The molecule has 0 aliphatic carbocycles. The molecule has 54 valence electrons. The lowest BCUT2D eigenvalue weighted by Gasteiger charge is -2.03. The summed E-state index contributed by atoms with van der Waals surface area (Å²) in [6.07, 6.45) is 0. The summed E-state index contributed by atoms with van der Waals surface area (Å²) in [5.74, 6) is 5.21. The highest BCUT2D eigenvalue weighted by Gasteiger charge is 2.00. The molecule has 0 aliphatic rings. The number of hydrogen-bond donors (Lipinski definition) is 2. The van der Waals surface area contributed by atoms with Gasteiger partial charge in [-0.05, 0) is 34.7 Å². The molecule has 0 bridgehead atoms. The number of benzene rings is 1. The highest BCUT2D eigenvalue weighted by Crippen LogP contribution is 2.25. The predicted molar refractivity (Wildman–Crippen MR) is 52.0 cm³/mol. The molecule has 4 heteroatoms. The number of hydrogen-bond acceptors (Lipinski definition) is 2. The average Bonchev–Trinajstić information content (AvgIpc) is 1.88. The van der Waals surface area contributed by atoms with Crippen LogP contribution in [0.15, 0.2) is 18.2 Å². The quantitative estimate of drug-likeness (QED) is 0.466. The average molecular weight is 268 g/mol. The van der Waals surface area contributed by atoms with Crippen molar-refractivity contribution >= 4 is 39.9 Å². The molecule has 0 heterocycles. The first-order chi connectivity index (χ1) is 4.75. The predicted octanol–water partition coefficient (Wildman–Crippen LogP) is 2.23. The number of rotatable bonds is 1. The van der Waals surface area contributed by atoms with Gasteiger partial charge in [0.15, 0.2) is 0 Å². The van der Waals surface area contributed by atoms with Gasteiger partial charge >= 0.3 is 0 Å². The third-order valence-corrected chi connectivity index (χ3v) is 2.32. The van der Waals surface area contributed by atoms with Crippen LogP contribution in [0.4, 0.5) is 5.69 Å². The minimum Gasteiger partial charge on any atom is -0.322 e. The van der Waals surface area contributed by atoms with Crippen molar-refractivity contribution in [1.82, 2.24) is 0 Å². The number of nitrogens with one attached hydrogen (secondary N) is 1. The summed E-state index contributed by atoms with van der Waals surface area (Å²) >= 11 is 7.94. The summed E-state index contributed by atoms with van der Waals surface area (Å²) in [6.45, 7) is 0. The Labute approximate surface area is 77.9 Å². The second-order valence-electron chi connectivity index (χ2n) is 1.74. The largest absolute Gasteiger partial charge is 0.322 e. The Bertz CT molecular complexity index is 219. The van der Waals surface area contributed by atoms with Gasteiger partial charge in [-0.1, -0.05) is 17.7 Å². The molecule has 10 heavy (non-hydrogen) atoms. The van der Waals surface area contributed by atoms with Gasteiger partial charge in [0, 0.05) is 3.57 Å². The first-order valence-electron chi connectivity index (χ1n) is 2.66. The van der Waals surface area contributed by atoms with Crippen molar-refractivity contribution in [2.75, 3.05) is 5.43 Å². The Morgan fingerprint density at radius 3 is 2.60 bits per heavy atom. The zero-order valence-corrected chi connectivity index (χ0v) is 7.98. The summed E-state index contributed by atoms with van der Waals surface area (Å²) < 4.78 is 1.02. The Kier molecular flexibility index (Phi) is 2.76. The van der Waals surface area contributed by atoms with Crippen molar-refractivity contribution in [2.24, 2.45) is 5.84 Å². The fourth-order valence-electron chi connectivity index (χ4n) is 0.636. The molecule has 0 unspecified atom stereocenters. The summed E-state index contributed by atoms with van der Waals surface area (Å²) in [6, 6.07) is 5.60. The molecular formula is C6H6ClIN2. The van der Waals surface area contributed by atoms with Gasteiger partial charge in [0.05, 0.1) is 10.7 Å². The fourth-order valence-corrected chi connectivity index (χ4v) is 1.68. The van der Waals surface area contributed by atoms with Crippen molar-refractivity contribution in [1.29, 1.82) is 0 Å². The Hall–Kier alpha value is -0.000000000000000111. The van der Waals surface area contributed by atoms with Crippen LogP contribution in [0.2, 0.25) is 5.02 Å². The third kappa shape index (κ3) is 1.53. The molecule has 0 atom stereocenters. The maximum atomic E-state index is 5.78. The SMILES string of the molecule is NNc1c(Cl)cccc1I. The lowest BCUT2D eigenvalue weighted by Crippen LogP contribution is -2.08. The number of halogens is 2. The Morgan fingerprint density at radius 1 is 1.50 bits per heavy atom. The number of para-hydroxylation sites is 1. The van der Waals surface area contributed by atoms with Gasteiger partial charge in [0.1, 0.15) is 0 Å². The zero-order chi connectivity index (χ0) is 7.56. The summed E-state index contributed by atoms with van der Waals surface area (Å²) in [7, 11) is 0. The van der Waals surface area contributed by atoms with E-state index in [1.807, 2.05) is 12.1 Å². The lowest BCUT2D eigenvalue weighted by molar-refractivity contribution is 1.34. The van der Waals surface area contributed by atoms with Gasteiger partial charge in [0.25, 0.3) is 0 Å². The van der Waals surface area contributed by atoms with Crippen LogP contribution in [0.3, 0.4) is 0 Å². The molecule has 0 aliphatic heterocycles. The van der Waals surface area contributed by atoms with E-state index >= 15 is 0 Å². The monoisotopic (exact) mass is 268 g/mol. The van der Waals surface area contributed by atoms with Crippen LogP contribution in [-0.4, -0.2) is 0 Å². The topological polar surface area (TPSA) is 38.0 Å². The van der Waals surface area contributed by atoms with Crippen LogP contribution in [0, 0.1) is 3.57 Å². The molecule has 0 fully saturated rings. The second kappa shape index (κ2) is 3.41. The molecule has 3 N–H and O–H groups in total. The van der Waals surface area contributed by atoms with Gasteiger partial charge in [-0.2, -0.15) is 0 Å². The molecule has 1 aromatic carbocycles. The first-order valence-corrected chi connectivity index (χ1v) is 4.12. The lowest BCUT2D eigenvalue weighted by atomic mass is 10.3. The Balaban J connectivity index is 3.17. The standard InChI is InChI=1S/C6H6ClIN2/c7-4-2-1-3-5(8)6(4)10-9/h1-3,10H,9H2. The smallest absolute Gasteiger partial charge is 0.0807 e. The molecule has 0 saturated heterocycles. The first kappa shape index (κ1) is 8.10. The zero-order valence-electron chi connectivity index (χ0n) is 5.07. The number of anilines is 1. The van der Waals surface area contributed by atoms with Crippen molar-refractivity contribution in [3.63, 3.8) is 0 Å². The van der Waals surface area contributed by atoms with Crippen LogP contribution < -0.4 is 11.3 Å². The van der Waals surface area contributed by atoms with E-state index < -0.39 is 0 Å². The maximum absolute atomic E-state index is 5.78. The highest BCUT2D eigenvalue weighted by atomic mass is 127. The van der Waals surface area contributed by atoms with Crippen LogP contribution in [0.1, 0.15) is 0 Å². The van der Waals surface area contributed by atoms with Crippen molar-refractivity contribution < 1.29 is 0 Å². The van der Waals surface area contributed by atoms with Crippen LogP contribution >= 0.6 is 34.2 Å². The molecule has 0 aromatic heterocycles. The number of nitrogens with two attached hydrogens (primary N) is 1. The minimum atomic E-state index is 0.648. The van der Waals surface area contributed by atoms with Crippen molar-refractivity contribution in [3.05, 3.63) is 26.8 Å². The normalized spacial score (nSPS) is 9.50. The van der Waals surface area contributed by atoms with Crippen molar-refractivity contribution in [2.45, 2.75) is 0 Å². The van der Waals surface area contributed by atoms with Gasteiger partial charge in [-0.3, -0.25) is 5.84 Å². The van der Waals surface area contributed by atoms with Gasteiger partial charge in [-0.25, -0.2) is 0 Å². The summed E-state index contributed by atoms with van der Waals surface area (Å²) in [5, 5.41) is 0.648. The maximum Gasteiger partial charge on any atom is 0.0807 e. The van der Waals surface area contributed by atoms with E-state index in [4.69, 9.17) is 17.4 Å². The minimum absolute atomic E-state index is 0.648. The van der Waals surface area contributed by atoms with Crippen LogP contribution in [0.25, 0.3) is 0 Å². The van der Waals surface area contributed by atoms with Gasteiger partial charge < -0.3 is 5.43 Å². The number of nitrogen functional groups attached to an aromatic ring is 1. The molecule has 2 nitrogen and oxygen atoms in total. The van der Waals surface area contributed by atoms with E-state index in [-0.39, 0.29) is 0 Å².